The molecule has 8 nitrogen and oxygen atoms in total. The molecule has 0 aromatic carbocycles. The van der Waals surface area contributed by atoms with Gasteiger partial charge in [0.05, 0.1) is 24.5 Å². The zero-order valence-electron chi connectivity index (χ0n) is 18.0. The molecule has 0 saturated carbocycles. The molecule has 4 rings (SSSR count). The zero-order chi connectivity index (χ0) is 21.8. The van der Waals surface area contributed by atoms with Crippen LogP contribution in [0.3, 0.4) is 0 Å². The van der Waals surface area contributed by atoms with E-state index in [1.54, 1.807) is 12.3 Å². The molecule has 2 aliphatic heterocycles. The Balaban J connectivity index is 1.37. The highest BCUT2D eigenvalue weighted by molar-refractivity contribution is 7.98. The van der Waals surface area contributed by atoms with Gasteiger partial charge in [0.15, 0.2) is 0 Å². The summed E-state index contributed by atoms with van der Waals surface area (Å²) < 4.78 is 10.6. The summed E-state index contributed by atoms with van der Waals surface area (Å²) in [6, 6.07) is 3.62. The Morgan fingerprint density at radius 2 is 1.87 bits per heavy atom. The van der Waals surface area contributed by atoms with E-state index in [0.717, 1.165) is 17.0 Å². The SMILES string of the molecule is Cc1noc(C)c1CSc1ncccc1C(=O)N1CCC(C(=O)N2CCOCC2)CC1. The predicted molar refractivity (Wildman–Crippen MR) is 116 cm³/mol. The van der Waals surface area contributed by atoms with Gasteiger partial charge in [0.1, 0.15) is 10.8 Å². The summed E-state index contributed by atoms with van der Waals surface area (Å²) in [4.78, 5) is 34.2. The molecule has 2 amide bonds. The Morgan fingerprint density at radius 1 is 1.13 bits per heavy atom. The monoisotopic (exact) mass is 444 g/mol. The number of likely N-dealkylation sites (tertiary alicyclic amines) is 1. The molecule has 0 unspecified atom stereocenters. The Hall–Kier alpha value is -2.39. The van der Waals surface area contributed by atoms with Gasteiger partial charge in [0.25, 0.3) is 5.91 Å². The maximum absolute atomic E-state index is 13.2. The predicted octanol–water partition coefficient (Wildman–Crippen LogP) is 2.69. The Labute approximate surface area is 186 Å². The number of aryl methyl sites for hydroxylation is 2. The highest BCUT2D eigenvalue weighted by atomic mass is 32.2. The van der Waals surface area contributed by atoms with Crippen LogP contribution >= 0.6 is 11.8 Å². The minimum Gasteiger partial charge on any atom is -0.378 e. The fraction of sp³-hybridized carbons (Fsp3) is 0.545. The summed E-state index contributed by atoms with van der Waals surface area (Å²) in [5.41, 5.74) is 2.51. The lowest BCUT2D eigenvalue weighted by molar-refractivity contribution is -0.141. The van der Waals surface area contributed by atoms with Crippen LogP contribution in [0.1, 0.15) is 40.2 Å². The Morgan fingerprint density at radius 3 is 2.55 bits per heavy atom. The smallest absolute Gasteiger partial charge is 0.256 e. The quantitative estimate of drug-likeness (QED) is 0.655. The number of ether oxygens (including phenoxy) is 1. The second-order valence-electron chi connectivity index (χ2n) is 7.95. The molecule has 0 radical (unpaired) electrons. The number of hydrogen-bond acceptors (Lipinski definition) is 7. The van der Waals surface area contributed by atoms with Gasteiger partial charge >= 0.3 is 0 Å². The van der Waals surface area contributed by atoms with Crippen molar-refractivity contribution in [3.63, 3.8) is 0 Å². The van der Waals surface area contributed by atoms with Crippen molar-refractivity contribution in [1.29, 1.82) is 0 Å². The highest BCUT2D eigenvalue weighted by Gasteiger charge is 2.32. The first kappa shape index (κ1) is 21.8. The molecule has 2 fully saturated rings. The molecular formula is C22H28N4O4S. The molecule has 4 heterocycles. The minimum absolute atomic E-state index is 0.00978. The molecule has 31 heavy (non-hydrogen) atoms. The van der Waals surface area contributed by atoms with Crippen LogP contribution < -0.4 is 0 Å². The number of carbonyl (C=O) groups is 2. The van der Waals surface area contributed by atoms with Crippen molar-refractivity contribution >= 4 is 23.6 Å². The van der Waals surface area contributed by atoms with E-state index >= 15 is 0 Å². The van der Waals surface area contributed by atoms with Crippen LogP contribution in [0.5, 0.6) is 0 Å². The molecular weight excluding hydrogens is 416 g/mol. The van der Waals surface area contributed by atoms with Gasteiger partial charge in [-0.1, -0.05) is 5.16 Å². The molecule has 2 aromatic rings. The first-order chi connectivity index (χ1) is 15.0. The minimum atomic E-state index is -0.0216. The van der Waals surface area contributed by atoms with Crippen LogP contribution in [0.25, 0.3) is 0 Å². The largest absolute Gasteiger partial charge is 0.378 e. The third-order valence-electron chi connectivity index (χ3n) is 5.99. The number of rotatable bonds is 5. The van der Waals surface area contributed by atoms with E-state index in [-0.39, 0.29) is 17.7 Å². The Kier molecular flexibility index (Phi) is 6.92. The number of nitrogens with zero attached hydrogens (tertiary/aromatic N) is 4. The lowest BCUT2D eigenvalue weighted by atomic mass is 9.94. The number of pyridine rings is 1. The van der Waals surface area contributed by atoms with Gasteiger partial charge in [-0.2, -0.15) is 0 Å². The summed E-state index contributed by atoms with van der Waals surface area (Å²) in [6.45, 7) is 7.53. The van der Waals surface area contributed by atoms with Gasteiger partial charge in [0.2, 0.25) is 5.91 Å². The molecule has 9 heteroatoms. The van der Waals surface area contributed by atoms with Gasteiger partial charge in [0, 0.05) is 49.6 Å². The van der Waals surface area contributed by atoms with Crippen LogP contribution in [0, 0.1) is 19.8 Å². The van der Waals surface area contributed by atoms with Gasteiger partial charge in [-0.25, -0.2) is 4.98 Å². The average molecular weight is 445 g/mol. The summed E-state index contributed by atoms with van der Waals surface area (Å²) in [6.07, 6.45) is 3.10. The number of morpholine rings is 1. The van der Waals surface area contributed by atoms with E-state index in [2.05, 4.69) is 10.1 Å². The molecule has 0 atom stereocenters. The standard InChI is InChI=1S/C22H28N4O4S/c1-15-19(16(2)30-24-15)14-31-20-18(4-3-7-23-20)22(28)25-8-5-17(6-9-25)21(27)26-10-12-29-13-11-26/h3-4,7,17H,5-6,8-14H2,1-2H3. The summed E-state index contributed by atoms with van der Waals surface area (Å²) >= 11 is 1.52. The molecule has 2 saturated heterocycles. The number of aromatic nitrogens is 2. The number of amides is 2. The normalized spacial score (nSPS) is 17.7. The van der Waals surface area contributed by atoms with Crippen molar-refractivity contribution < 1.29 is 18.8 Å². The molecule has 2 aliphatic rings. The molecule has 0 bridgehead atoms. The van der Waals surface area contributed by atoms with Crippen molar-refractivity contribution in [3.05, 3.63) is 40.9 Å². The summed E-state index contributed by atoms with van der Waals surface area (Å²) in [5.74, 6) is 1.61. The number of carbonyl (C=O) groups excluding carboxylic acids is 2. The molecule has 0 N–H and O–H groups in total. The fourth-order valence-corrected chi connectivity index (χ4v) is 5.20. The van der Waals surface area contributed by atoms with Crippen LogP contribution in [0.2, 0.25) is 0 Å². The van der Waals surface area contributed by atoms with E-state index in [1.165, 1.54) is 11.8 Å². The van der Waals surface area contributed by atoms with Crippen LogP contribution in [-0.4, -0.2) is 71.1 Å². The first-order valence-corrected chi connectivity index (χ1v) is 11.7. The Bertz CT molecular complexity index is 914. The van der Waals surface area contributed by atoms with Crippen molar-refractivity contribution in [2.75, 3.05) is 39.4 Å². The summed E-state index contributed by atoms with van der Waals surface area (Å²) in [7, 11) is 0. The second kappa shape index (κ2) is 9.82. The average Bonchev–Trinajstić information content (AvgIpc) is 3.14. The fourth-order valence-electron chi connectivity index (χ4n) is 4.06. The highest BCUT2D eigenvalue weighted by Crippen LogP contribution is 2.29. The van der Waals surface area contributed by atoms with E-state index in [9.17, 15) is 9.59 Å². The van der Waals surface area contributed by atoms with Crippen LogP contribution in [0.4, 0.5) is 0 Å². The third kappa shape index (κ3) is 4.93. The van der Waals surface area contributed by atoms with Gasteiger partial charge < -0.3 is 19.1 Å². The first-order valence-electron chi connectivity index (χ1n) is 10.7. The topological polar surface area (TPSA) is 88.8 Å². The third-order valence-corrected chi connectivity index (χ3v) is 7.02. The van der Waals surface area contributed by atoms with E-state index in [0.29, 0.717) is 68.6 Å². The van der Waals surface area contributed by atoms with Crippen molar-refractivity contribution in [2.45, 2.75) is 37.5 Å². The lowest BCUT2D eigenvalue weighted by Crippen LogP contribution is -2.47. The van der Waals surface area contributed by atoms with Crippen molar-refractivity contribution in [3.8, 4) is 0 Å². The van der Waals surface area contributed by atoms with Crippen LogP contribution in [-0.2, 0) is 15.3 Å². The number of thioether (sulfide) groups is 1. The van der Waals surface area contributed by atoms with Gasteiger partial charge in [-0.3, -0.25) is 9.59 Å². The molecule has 166 valence electrons. The molecule has 0 spiro atoms. The van der Waals surface area contributed by atoms with E-state index < -0.39 is 0 Å². The number of piperidine rings is 1. The molecule has 2 aromatic heterocycles. The van der Waals surface area contributed by atoms with Crippen LogP contribution in [0.15, 0.2) is 27.9 Å². The van der Waals surface area contributed by atoms with E-state index in [4.69, 9.17) is 9.26 Å². The zero-order valence-corrected chi connectivity index (χ0v) is 18.8. The lowest BCUT2D eigenvalue weighted by Gasteiger charge is -2.35. The van der Waals surface area contributed by atoms with Gasteiger partial charge in [-0.15, -0.1) is 11.8 Å². The van der Waals surface area contributed by atoms with E-state index in [1.807, 2.05) is 29.7 Å². The summed E-state index contributed by atoms with van der Waals surface area (Å²) in [5, 5.41) is 4.70. The molecule has 0 aliphatic carbocycles. The van der Waals surface area contributed by atoms with Gasteiger partial charge in [-0.05, 0) is 38.8 Å². The van der Waals surface area contributed by atoms with Crippen molar-refractivity contribution in [2.24, 2.45) is 5.92 Å². The maximum atomic E-state index is 13.2. The second-order valence-corrected chi connectivity index (χ2v) is 8.92. The van der Waals surface area contributed by atoms with Crippen molar-refractivity contribution in [1.82, 2.24) is 19.9 Å². The number of hydrogen-bond donors (Lipinski definition) is 0. The maximum Gasteiger partial charge on any atom is 0.256 e.